The molecule has 1 aliphatic heterocycles. The number of carbonyl (C=O) groups is 1. The number of aliphatic hydroxyl groups excluding tert-OH is 1. The van der Waals surface area contributed by atoms with Crippen molar-refractivity contribution in [3.63, 3.8) is 0 Å². The number of hydrogen-bond donors (Lipinski definition) is 2. The number of nitrogens with one attached hydrogen (secondary N) is 1. The Bertz CT molecular complexity index is 1130. The minimum absolute atomic E-state index is 0.0301. The smallest absolute Gasteiger partial charge is 0.246 e. The number of amides is 1. The van der Waals surface area contributed by atoms with Gasteiger partial charge in [-0.15, -0.1) is 11.3 Å². The van der Waals surface area contributed by atoms with Gasteiger partial charge in [-0.05, 0) is 43.8 Å². The maximum atomic E-state index is 12.6. The largest absolute Gasteiger partial charge is 0.394 e. The van der Waals surface area contributed by atoms with Gasteiger partial charge in [0.2, 0.25) is 5.91 Å². The number of carbonyl (C=O) groups excluding carboxylic acids is 1. The normalized spacial score (nSPS) is 14.8. The van der Waals surface area contributed by atoms with Crippen molar-refractivity contribution in [2.45, 2.75) is 19.0 Å². The average Bonchev–Trinajstić information content (AvgIpc) is 3.16. The van der Waals surface area contributed by atoms with Crippen LogP contribution in [0.1, 0.15) is 22.0 Å². The van der Waals surface area contributed by atoms with Crippen LogP contribution in [0.4, 0.5) is 5.82 Å². The molecule has 0 spiro atoms. The van der Waals surface area contributed by atoms with Crippen molar-refractivity contribution < 1.29 is 9.90 Å². The molecule has 0 radical (unpaired) electrons. The monoisotopic (exact) mass is 471 g/mol. The lowest BCUT2D eigenvalue weighted by Gasteiger charge is -2.26. The third-order valence-corrected chi connectivity index (χ3v) is 6.82. The zero-order valence-electron chi connectivity index (χ0n) is 18.1. The van der Waals surface area contributed by atoms with E-state index in [0.717, 1.165) is 33.6 Å². The predicted molar refractivity (Wildman–Crippen MR) is 129 cm³/mol. The van der Waals surface area contributed by atoms with E-state index in [1.807, 2.05) is 54.2 Å². The number of thiophene rings is 1. The number of nitrogens with zero attached hydrogens (tertiary/aromatic N) is 4. The van der Waals surface area contributed by atoms with Gasteiger partial charge in [0.05, 0.1) is 24.6 Å². The molecular formula is C23H26ClN5O2S. The summed E-state index contributed by atoms with van der Waals surface area (Å²) in [5.41, 5.74) is 2.11. The molecule has 32 heavy (non-hydrogen) atoms. The molecule has 7 nitrogen and oxygen atoms in total. The highest BCUT2D eigenvalue weighted by Gasteiger charge is 2.26. The standard InChI is InChI=1S/C23H26ClN5O2S/c1-28(2)10-3-4-20(31)29-11-9-17-19(12-29)32-23-21(17)22(25-14-26-23)27-18(13-30)15-5-7-16(24)8-6-15/h3-8,14,18,30H,9-13H2,1-2H3,(H,25,26,27)/b4-3+/t18-/m1/s1. The molecule has 1 aromatic carbocycles. The van der Waals surface area contributed by atoms with Gasteiger partial charge in [0.25, 0.3) is 0 Å². The van der Waals surface area contributed by atoms with E-state index in [-0.39, 0.29) is 18.6 Å². The number of hydrogen-bond acceptors (Lipinski definition) is 7. The van der Waals surface area contributed by atoms with Gasteiger partial charge in [0.15, 0.2) is 0 Å². The Morgan fingerprint density at radius 3 is 2.84 bits per heavy atom. The summed E-state index contributed by atoms with van der Waals surface area (Å²) in [7, 11) is 3.94. The predicted octanol–water partition coefficient (Wildman–Crippen LogP) is 3.49. The second-order valence-electron chi connectivity index (χ2n) is 8.01. The van der Waals surface area contributed by atoms with Crippen molar-refractivity contribution in [1.29, 1.82) is 0 Å². The lowest BCUT2D eigenvalue weighted by molar-refractivity contribution is -0.126. The lowest BCUT2D eigenvalue weighted by Crippen LogP contribution is -2.34. The summed E-state index contributed by atoms with van der Waals surface area (Å²) < 4.78 is 0. The molecule has 0 unspecified atom stereocenters. The molecule has 2 aromatic heterocycles. The third-order valence-electron chi connectivity index (χ3n) is 5.45. The fourth-order valence-electron chi connectivity index (χ4n) is 3.79. The number of likely N-dealkylation sites (N-methyl/N-ethyl adjacent to an activating group) is 1. The van der Waals surface area contributed by atoms with Crippen LogP contribution in [-0.2, 0) is 17.8 Å². The molecule has 2 N–H and O–H groups in total. The summed E-state index contributed by atoms with van der Waals surface area (Å²) in [6.45, 7) is 1.87. The summed E-state index contributed by atoms with van der Waals surface area (Å²) in [5, 5.41) is 15.0. The Labute approximate surface area is 196 Å². The summed E-state index contributed by atoms with van der Waals surface area (Å²) in [5.74, 6) is 0.731. The van der Waals surface area contributed by atoms with Gasteiger partial charge in [0, 0.05) is 29.1 Å². The fraction of sp³-hybridized carbons (Fsp3) is 0.348. The van der Waals surface area contributed by atoms with Crippen LogP contribution in [0.15, 0.2) is 42.7 Å². The van der Waals surface area contributed by atoms with Crippen LogP contribution >= 0.6 is 22.9 Å². The van der Waals surface area contributed by atoms with Gasteiger partial charge >= 0.3 is 0 Å². The van der Waals surface area contributed by atoms with Crippen LogP contribution in [0.5, 0.6) is 0 Å². The Morgan fingerprint density at radius 1 is 1.34 bits per heavy atom. The maximum Gasteiger partial charge on any atom is 0.246 e. The Balaban J connectivity index is 1.57. The van der Waals surface area contributed by atoms with E-state index in [1.165, 1.54) is 11.9 Å². The molecular weight excluding hydrogens is 446 g/mol. The van der Waals surface area contributed by atoms with E-state index in [2.05, 4.69) is 15.3 Å². The lowest BCUT2D eigenvalue weighted by atomic mass is 10.0. The van der Waals surface area contributed by atoms with E-state index in [0.29, 0.717) is 23.9 Å². The van der Waals surface area contributed by atoms with Crippen molar-refractivity contribution in [2.24, 2.45) is 0 Å². The average molecular weight is 472 g/mol. The van der Waals surface area contributed by atoms with Gasteiger partial charge in [-0.1, -0.05) is 29.8 Å². The molecule has 9 heteroatoms. The number of anilines is 1. The summed E-state index contributed by atoms with van der Waals surface area (Å²) >= 11 is 7.60. The molecule has 1 aliphatic rings. The van der Waals surface area contributed by atoms with Crippen LogP contribution in [0, 0.1) is 0 Å². The molecule has 0 aliphatic carbocycles. The summed E-state index contributed by atoms with van der Waals surface area (Å²) in [4.78, 5) is 27.4. The SMILES string of the molecule is CN(C)C/C=C/C(=O)N1CCc2c(sc3ncnc(N[C@H](CO)c4ccc(Cl)cc4)c23)C1. The first kappa shape index (κ1) is 22.7. The van der Waals surface area contributed by atoms with E-state index in [1.54, 1.807) is 17.4 Å². The summed E-state index contributed by atoms with van der Waals surface area (Å²) in [6, 6.07) is 7.09. The first-order valence-electron chi connectivity index (χ1n) is 10.4. The second kappa shape index (κ2) is 9.95. The number of aromatic nitrogens is 2. The zero-order chi connectivity index (χ0) is 22.7. The molecule has 168 valence electrons. The van der Waals surface area contributed by atoms with Crippen molar-refractivity contribution in [3.8, 4) is 0 Å². The van der Waals surface area contributed by atoms with Crippen LogP contribution in [0.25, 0.3) is 10.2 Å². The highest BCUT2D eigenvalue weighted by molar-refractivity contribution is 7.19. The number of benzene rings is 1. The highest BCUT2D eigenvalue weighted by Crippen LogP contribution is 2.38. The van der Waals surface area contributed by atoms with Gasteiger partial charge in [0.1, 0.15) is 17.0 Å². The van der Waals surface area contributed by atoms with Crippen LogP contribution in [0.3, 0.4) is 0 Å². The van der Waals surface area contributed by atoms with Crippen molar-refractivity contribution in [1.82, 2.24) is 19.8 Å². The molecule has 3 heterocycles. The van der Waals surface area contributed by atoms with E-state index >= 15 is 0 Å². The summed E-state index contributed by atoms with van der Waals surface area (Å²) in [6.07, 6.45) is 5.83. The first-order valence-corrected chi connectivity index (χ1v) is 11.6. The molecule has 0 saturated heterocycles. The molecule has 1 atom stereocenters. The molecule has 3 aromatic rings. The molecule has 0 saturated carbocycles. The molecule has 0 fully saturated rings. The van der Waals surface area contributed by atoms with Crippen LogP contribution < -0.4 is 5.32 Å². The molecule has 4 rings (SSSR count). The van der Waals surface area contributed by atoms with Gasteiger partial charge in [-0.2, -0.15) is 0 Å². The maximum absolute atomic E-state index is 12.6. The molecule has 0 bridgehead atoms. The van der Waals surface area contributed by atoms with Crippen molar-refractivity contribution >= 4 is 44.9 Å². The zero-order valence-corrected chi connectivity index (χ0v) is 19.7. The van der Waals surface area contributed by atoms with Crippen molar-refractivity contribution in [3.05, 3.63) is 63.8 Å². The van der Waals surface area contributed by atoms with Gasteiger partial charge < -0.3 is 20.2 Å². The number of rotatable bonds is 7. The van der Waals surface area contributed by atoms with Gasteiger partial charge in [-0.3, -0.25) is 4.79 Å². The number of aliphatic hydroxyl groups is 1. The van der Waals surface area contributed by atoms with Crippen LogP contribution in [0.2, 0.25) is 5.02 Å². The topological polar surface area (TPSA) is 81.6 Å². The van der Waals surface area contributed by atoms with E-state index < -0.39 is 0 Å². The minimum atomic E-state index is -0.315. The second-order valence-corrected chi connectivity index (χ2v) is 9.53. The highest BCUT2D eigenvalue weighted by atomic mass is 35.5. The molecule has 1 amide bonds. The number of halogens is 1. The van der Waals surface area contributed by atoms with Crippen molar-refractivity contribution in [2.75, 3.05) is 39.1 Å². The minimum Gasteiger partial charge on any atom is -0.394 e. The first-order chi connectivity index (χ1) is 15.5. The third kappa shape index (κ3) is 4.94. The van der Waals surface area contributed by atoms with E-state index in [9.17, 15) is 9.90 Å². The van der Waals surface area contributed by atoms with Crippen LogP contribution in [-0.4, -0.2) is 64.6 Å². The Kier molecular flexibility index (Phi) is 7.05. The Hall–Kier alpha value is -2.52. The quantitative estimate of drug-likeness (QED) is 0.513. The van der Waals surface area contributed by atoms with Gasteiger partial charge in [-0.25, -0.2) is 9.97 Å². The van der Waals surface area contributed by atoms with E-state index in [4.69, 9.17) is 11.6 Å². The number of fused-ring (bicyclic) bond motifs is 3. The Morgan fingerprint density at radius 2 is 2.12 bits per heavy atom. The fourth-order valence-corrected chi connectivity index (χ4v) is 5.12.